The summed E-state index contributed by atoms with van der Waals surface area (Å²) in [6, 6.07) is 6.61. The topological polar surface area (TPSA) is 73.1 Å². The van der Waals surface area contributed by atoms with Crippen LogP contribution in [0, 0.1) is 0 Å². The van der Waals surface area contributed by atoms with Crippen molar-refractivity contribution in [3.8, 4) is 17.1 Å². The maximum atomic E-state index is 13.1. The maximum absolute atomic E-state index is 13.1. The standard InChI is InChI=1S/C20H17ClF3N5O2/c1-11(2)28-9-15(20(22,23)24)26-17(28)13-5-3-12(4-6-13)8-29-16(30)10-31-14-7-25-19(21)27-18(14)29/h3-7,9,11H,8,10H2,1-2H3. The molecule has 0 saturated heterocycles. The highest BCUT2D eigenvalue weighted by atomic mass is 35.5. The number of carbonyl (C=O) groups excluding carboxylic acids is 1. The Labute approximate surface area is 180 Å². The van der Waals surface area contributed by atoms with E-state index in [2.05, 4.69) is 15.0 Å². The van der Waals surface area contributed by atoms with E-state index in [0.29, 0.717) is 11.3 Å². The molecule has 0 saturated carbocycles. The Morgan fingerprint density at radius 1 is 1.19 bits per heavy atom. The number of anilines is 1. The lowest BCUT2D eigenvalue weighted by Gasteiger charge is -2.28. The molecule has 0 unspecified atom stereocenters. The molecule has 11 heteroatoms. The summed E-state index contributed by atoms with van der Waals surface area (Å²) in [5.41, 5.74) is 0.345. The Morgan fingerprint density at radius 3 is 2.55 bits per heavy atom. The quantitative estimate of drug-likeness (QED) is 0.545. The van der Waals surface area contributed by atoms with Gasteiger partial charge >= 0.3 is 6.18 Å². The molecular formula is C20H17ClF3N5O2. The molecule has 31 heavy (non-hydrogen) atoms. The van der Waals surface area contributed by atoms with Crippen LogP contribution < -0.4 is 9.64 Å². The first-order valence-corrected chi connectivity index (χ1v) is 9.72. The minimum atomic E-state index is -4.53. The summed E-state index contributed by atoms with van der Waals surface area (Å²) >= 11 is 5.85. The number of nitrogens with zero attached hydrogens (tertiary/aromatic N) is 5. The molecule has 0 atom stereocenters. The monoisotopic (exact) mass is 451 g/mol. The molecule has 3 aromatic rings. The minimum absolute atomic E-state index is 0.0154. The normalized spacial score (nSPS) is 14.0. The largest absolute Gasteiger partial charge is 0.478 e. The minimum Gasteiger partial charge on any atom is -0.478 e. The van der Waals surface area contributed by atoms with Crippen LogP contribution in [-0.2, 0) is 17.5 Å². The van der Waals surface area contributed by atoms with Crippen molar-refractivity contribution in [3.63, 3.8) is 0 Å². The number of fused-ring (bicyclic) bond motifs is 1. The lowest BCUT2D eigenvalue weighted by molar-refractivity contribution is -0.140. The molecule has 162 valence electrons. The number of amides is 1. The Balaban J connectivity index is 1.63. The maximum Gasteiger partial charge on any atom is 0.434 e. The van der Waals surface area contributed by atoms with Crippen molar-refractivity contribution >= 4 is 23.3 Å². The molecule has 0 N–H and O–H groups in total. The van der Waals surface area contributed by atoms with Gasteiger partial charge in [0.15, 0.2) is 23.9 Å². The van der Waals surface area contributed by atoms with Crippen LogP contribution in [0.1, 0.15) is 31.1 Å². The van der Waals surface area contributed by atoms with Crippen LogP contribution in [0.2, 0.25) is 5.28 Å². The van der Waals surface area contributed by atoms with E-state index in [9.17, 15) is 18.0 Å². The van der Waals surface area contributed by atoms with Gasteiger partial charge in [-0.3, -0.25) is 9.69 Å². The lowest BCUT2D eigenvalue weighted by atomic mass is 10.1. The van der Waals surface area contributed by atoms with E-state index in [1.165, 1.54) is 15.7 Å². The molecule has 0 spiro atoms. The molecule has 0 bridgehead atoms. The van der Waals surface area contributed by atoms with Crippen LogP contribution in [-0.4, -0.2) is 32.0 Å². The van der Waals surface area contributed by atoms with Crippen molar-refractivity contribution in [2.24, 2.45) is 0 Å². The van der Waals surface area contributed by atoms with Gasteiger partial charge < -0.3 is 9.30 Å². The second-order valence-electron chi connectivity index (χ2n) is 7.24. The molecule has 2 aromatic heterocycles. The van der Waals surface area contributed by atoms with Crippen LogP contribution in [0.3, 0.4) is 0 Å². The number of rotatable bonds is 4. The Kier molecular flexibility index (Phi) is 5.34. The second-order valence-corrected chi connectivity index (χ2v) is 7.58. The molecule has 4 rings (SSSR count). The van der Waals surface area contributed by atoms with E-state index in [1.54, 1.807) is 38.1 Å². The van der Waals surface area contributed by atoms with E-state index in [0.717, 1.165) is 11.8 Å². The van der Waals surface area contributed by atoms with Gasteiger partial charge in [0.05, 0.1) is 12.7 Å². The first-order valence-electron chi connectivity index (χ1n) is 9.34. The zero-order valence-electron chi connectivity index (χ0n) is 16.5. The number of benzene rings is 1. The first kappa shape index (κ1) is 21.1. The molecule has 3 heterocycles. The average molecular weight is 452 g/mol. The average Bonchev–Trinajstić information content (AvgIpc) is 3.17. The Bertz CT molecular complexity index is 1130. The summed E-state index contributed by atoms with van der Waals surface area (Å²) in [6.45, 7) is 3.61. The summed E-state index contributed by atoms with van der Waals surface area (Å²) in [5.74, 6) is 0.544. The predicted octanol–water partition coefficient (Wildman–Crippen LogP) is 4.52. The Morgan fingerprint density at radius 2 is 1.90 bits per heavy atom. The number of carbonyl (C=O) groups is 1. The third kappa shape index (κ3) is 4.20. The molecule has 1 aliphatic rings. The van der Waals surface area contributed by atoms with Gasteiger partial charge in [0, 0.05) is 17.8 Å². The van der Waals surface area contributed by atoms with Crippen molar-refractivity contribution in [1.29, 1.82) is 0 Å². The van der Waals surface area contributed by atoms with E-state index < -0.39 is 11.9 Å². The molecule has 7 nitrogen and oxygen atoms in total. The number of halogens is 4. The summed E-state index contributed by atoms with van der Waals surface area (Å²) in [6.07, 6.45) is -2.11. The van der Waals surface area contributed by atoms with Crippen molar-refractivity contribution in [1.82, 2.24) is 19.5 Å². The number of imidazole rings is 1. The van der Waals surface area contributed by atoms with Crippen LogP contribution in [0.25, 0.3) is 11.4 Å². The molecule has 1 aliphatic heterocycles. The molecule has 0 aliphatic carbocycles. The van der Waals surface area contributed by atoms with Gasteiger partial charge in [0.2, 0.25) is 5.28 Å². The SMILES string of the molecule is CC(C)n1cc(C(F)(F)F)nc1-c1ccc(CN2C(=O)COc3cnc(Cl)nc32)cc1. The zero-order chi connectivity index (χ0) is 22.3. The summed E-state index contributed by atoms with van der Waals surface area (Å²) in [5, 5.41) is -0.0154. The predicted molar refractivity (Wildman–Crippen MR) is 107 cm³/mol. The van der Waals surface area contributed by atoms with Crippen molar-refractivity contribution in [3.05, 3.63) is 53.2 Å². The lowest BCUT2D eigenvalue weighted by Crippen LogP contribution is -2.39. The summed E-state index contributed by atoms with van der Waals surface area (Å²) < 4.78 is 46.2. The highest BCUT2D eigenvalue weighted by Gasteiger charge is 2.35. The smallest absolute Gasteiger partial charge is 0.434 e. The molecule has 1 amide bonds. The van der Waals surface area contributed by atoms with Crippen LogP contribution >= 0.6 is 11.6 Å². The van der Waals surface area contributed by atoms with Crippen LogP contribution in [0.4, 0.5) is 19.0 Å². The second kappa shape index (κ2) is 7.84. The highest BCUT2D eigenvalue weighted by molar-refractivity contribution is 6.28. The van der Waals surface area contributed by atoms with Crippen molar-refractivity contribution in [2.75, 3.05) is 11.5 Å². The van der Waals surface area contributed by atoms with Gasteiger partial charge in [-0.2, -0.15) is 18.2 Å². The molecule has 0 fully saturated rings. The number of hydrogen-bond donors (Lipinski definition) is 0. The van der Waals surface area contributed by atoms with E-state index in [-0.39, 0.29) is 42.0 Å². The van der Waals surface area contributed by atoms with Crippen LogP contribution in [0.5, 0.6) is 5.75 Å². The van der Waals surface area contributed by atoms with Gasteiger partial charge in [-0.1, -0.05) is 24.3 Å². The molecule has 0 radical (unpaired) electrons. The molecule has 1 aromatic carbocycles. The first-order chi connectivity index (χ1) is 14.6. The fourth-order valence-electron chi connectivity index (χ4n) is 3.21. The van der Waals surface area contributed by atoms with Crippen molar-refractivity contribution in [2.45, 2.75) is 32.6 Å². The fourth-order valence-corrected chi connectivity index (χ4v) is 3.34. The number of alkyl halides is 3. The van der Waals surface area contributed by atoms with Gasteiger partial charge in [-0.05, 0) is 31.0 Å². The third-order valence-corrected chi connectivity index (χ3v) is 4.93. The van der Waals surface area contributed by atoms with E-state index >= 15 is 0 Å². The van der Waals surface area contributed by atoms with Gasteiger partial charge in [-0.25, -0.2) is 9.97 Å². The molecular weight excluding hydrogens is 435 g/mol. The summed E-state index contributed by atoms with van der Waals surface area (Å²) in [7, 11) is 0. The number of ether oxygens (including phenoxy) is 1. The zero-order valence-corrected chi connectivity index (χ0v) is 17.3. The number of hydrogen-bond acceptors (Lipinski definition) is 5. The van der Waals surface area contributed by atoms with Gasteiger partial charge in [0.1, 0.15) is 5.82 Å². The van der Waals surface area contributed by atoms with Gasteiger partial charge in [0.25, 0.3) is 5.91 Å². The number of aromatic nitrogens is 4. The summed E-state index contributed by atoms with van der Waals surface area (Å²) in [4.78, 5) is 25.5. The van der Waals surface area contributed by atoms with Crippen molar-refractivity contribution < 1.29 is 22.7 Å². The van der Waals surface area contributed by atoms with Crippen LogP contribution in [0.15, 0.2) is 36.7 Å². The van der Waals surface area contributed by atoms with E-state index in [4.69, 9.17) is 16.3 Å². The highest BCUT2D eigenvalue weighted by Crippen LogP contribution is 2.34. The third-order valence-electron chi connectivity index (χ3n) is 4.75. The van der Waals surface area contributed by atoms with E-state index in [1.807, 2.05) is 0 Å². The fraction of sp³-hybridized carbons (Fsp3) is 0.300. The Hall–Kier alpha value is -3.14. The van der Waals surface area contributed by atoms with Gasteiger partial charge in [-0.15, -0.1) is 0 Å².